The molecular formula is C10H9Br3N4. The van der Waals surface area contributed by atoms with Crippen LogP contribution in [-0.2, 0) is 13.6 Å². The fourth-order valence-electron chi connectivity index (χ4n) is 1.37. The maximum atomic E-state index is 4.02. The Morgan fingerprint density at radius 1 is 1.24 bits per heavy atom. The first-order chi connectivity index (χ1) is 8.06. The Kier molecular flexibility index (Phi) is 4.22. The molecule has 7 heteroatoms. The third-order valence-corrected chi connectivity index (χ3v) is 3.81. The van der Waals surface area contributed by atoms with Crippen LogP contribution in [-0.4, -0.2) is 15.0 Å². The Morgan fingerprint density at radius 2 is 1.88 bits per heavy atom. The molecule has 0 aliphatic heterocycles. The molecule has 1 heterocycles. The van der Waals surface area contributed by atoms with Crippen LogP contribution in [0.25, 0.3) is 0 Å². The van der Waals surface area contributed by atoms with Crippen molar-refractivity contribution in [2.75, 3.05) is 5.32 Å². The highest BCUT2D eigenvalue weighted by Crippen LogP contribution is 2.34. The van der Waals surface area contributed by atoms with Gasteiger partial charge in [0, 0.05) is 26.7 Å². The molecule has 1 N–H and O–H groups in total. The second kappa shape index (κ2) is 5.49. The van der Waals surface area contributed by atoms with Crippen LogP contribution >= 0.6 is 47.8 Å². The largest absolute Gasteiger partial charge is 0.377 e. The molecule has 1 aromatic heterocycles. The Labute approximate surface area is 124 Å². The first kappa shape index (κ1) is 13.0. The summed E-state index contributed by atoms with van der Waals surface area (Å²) in [6.45, 7) is 0.632. The molecule has 0 amide bonds. The lowest BCUT2D eigenvalue weighted by Gasteiger charge is -2.09. The number of halogens is 3. The van der Waals surface area contributed by atoms with Crippen molar-refractivity contribution in [1.82, 2.24) is 15.0 Å². The Hall–Kier alpha value is -0.400. The fraction of sp³-hybridized carbons (Fsp3) is 0.200. The van der Waals surface area contributed by atoms with E-state index in [1.54, 1.807) is 4.68 Å². The van der Waals surface area contributed by atoms with Gasteiger partial charge >= 0.3 is 0 Å². The van der Waals surface area contributed by atoms with Gasteiger partial charge in [0.2, 0.25) is 0 Å². The molecule has 0 aliphatic rings. The second-order valence-corrected chi connectivity index (χ2v) is 6.11. The molecule has 0 spiro atoms. The minimum Gasteiger partial charge on any atom is -0.377 e. The summed E-state index contributed by atoms with van der Waals surface area (Å²) < 4.78 is 4.68. The van der Waals surface area contributed by atoms with E-state index in [0.717, 1.165) is 24.8 Å². The van der Waals surface area contributed by atoms with Crippen molar-refractivity contribution in [3.05, 3.63) is 37.4 Å². The van der Waals surface area contributed by atoms with Crippen molar-refractivity contribution in [2.24, 2.45) is 7.05 Å². The van der Waals surface area contributed by atoms with E-state index in [0.29, 0.717) is 6.54 Å². The zero-order valence-corrected chi connectivity index (χ0v) is 13.7. The van der Waals surface area contributed by atoms with Crippen LogP contribution in [0.5, 0.6) is 0 Å². The minimum absolute atomic E-state index is 0.632. The molecule has 0 unspecified atom stereocenters. The summed E-state index contributed by atoms with van der Waals surface area (Å²) in [6.07, 6.45) is 1.88. The van der Waals surface area contributed by atoms with Gasteiger partial charge in [-0.15, -0.1) is 5.10 Å². The lowest BCUT2D eigenvalue weighted by Crippen LogP contribution is -2.01. The third kappa shape index (κ3) is 3.29. The molecule has 0 atom stereocenters. The SMILES string of the molecule is Cn1cc(CNc2c(Br)cc(Br)cc2Br)nn1. The molecule has 2 rings (SSSR count). The molecule has 0 aliphatic carbocycles. The Bertz CT molecular complexity index is 515. The minimum atomic E-state index is 0.632. The lowest BCUT2D eigenvalue weighted by molar-refractivity contribution is 0.713. The number of hydrogen-bond acceptors (Lipinski definition) is 3. The number of hydrogen-bond donors (Lipinski definition) is 1. The van der Waals surface area contributed by atoms with Gasteiger partial charge in [-0.2, -0.15) is 0 Å². The van der Waals surface area contributed by atoms with Gasteiger partial charge in [-0.3, -0.25) is 4.68 Å². The summed E-state index contributed by atoms with van der Waals surface area (Å²) in [4.78, 5) is 0. The first-order valence-electron chi connectivity index (χ1n) is 4.80. The summed E-state index contributed by atoms with van der Waals surface area (Å²) in [5.74, 6) is 0. The number of nitrogens with one attached hydrogen (secondary N) is 1. The standard InChI is InChI=1S/C10H9Br3N4/c1-17-5-7(15-16-17)4-14-10-8(12)2-6(11)3-9(10)13/h2-3,5,14H,4H2,1H3. The third-order valence-electron chi connectivity index (χ3n) is 2.10. The van der Waals surface area contributed by atoms with Crippen LogP contribution < -0.4 is 5.32 Å². The van der Waals surface area contributed by atoms with Gasteiger partial charge in [-0.05, 0) is 44.0 Å². The van der Waals surface area contributed by atoms with Crippen LogP contribution in [0.4, 0.5) is 5.69 Å². The van der Waals surface area contributed by atoms with Gasteiger partial charge < -0.3 is 5.32 Å². The average molecular weight is 425 g/mol. The van der Waals surface area contributed by atoms with Gasteiger partial charge in [0.05, 0.1) is 12.2 Å². The molecule has 0 saturated carbocycles. The van der Waals surface area contributed by atoms with E-state index >= 15 is 0 Å². The van der Waals surface area contributed by atoms with E-state index < -0.39 is 0 Å². The predicted octanol–water partition coefficient (Wildman–Crippen LogP) is 3.71. The Balaban J connectivity index is 2.14. The van der Waals surface area contributed by atoms with Crippen molar-refractivity contribution in [3.8, 4) is 0 Å². The second-order valence-electron chi connectivity index (χ2n) is 3.48. The topological polar surface area (TPSA) is 42.7 Å². The quantitative estimate of drug-likeness (QED) is 0.816. The normalized spacial score (nSPS) is 10.6. The van der Waals surface area contributed by atoms with Gasteiger partial charge in [-0.25, -0.2) is 0 Å². The van der Waals surface area contributed by atoms with E-state index in [1.165, 1.54) is 0 Å². The zero-order valence-electron chi connectivity index (χ0n) is 8.91. The summed E-state index contributed by atoms with van der Waals surface area (Å²) in [5.41, 5.74) is 1.90. The van der Waals surface area contributed by atoms with Gasteiger partial charge in [0.25, 0.3) is 0 Å². The van der Waals surface area contributed by atoms with E-state index in [1.807, 2.05) is 25.4 Å². The molecule has 1 aromatic carbocycles. The number of aromatic nitrogens is 3. The van der Waals surface area contributed by atoms with Gasteiger partial charge in [0.1, 0.15) is 5.69 Å². The average Bonchev–Trinajstić information content (AvgIpc) is 2.62. The smallest absolute Gasteiger partial charge is 0.102 e. The van der Waals surface area contributed by atoms with Crippen LogP contribution in [0.1, 0.15) is 5.69 Å². The monoisotopic (exact) mass is 422 g/mol. The first-order valence-corrected chi connectivity index (χ1v) is 7.18. The summed E-state index contributed by atoms with van der Waals surface area (Å²) in [6, 6.07) is 3.98. The zero-order chi connectivity index (χ0) is 12.4. The number of benzene rings is 1. The van der Waals surface area contributed by atoms with Crippen molar-refractivity contribution in [3.63, 3.8) is 0 Å². The maximum absolute atomic E-state index is 4.02. The highest BCUT2D eigenvalue weighted by Gasteiger charge is 2.07. The van der Waals surface area contributed by atoms with Crippen LogP contribution in [0.15, 0.2) is 31.7 Å². The van der Waals surface area contributed by atoms with Crippen LogP contribution in [0, 0.1) is 0 Å². The molecule has 0 fully saturated rings. The highest BCUT2D eigenvalue weighted by molar-refractivity contribution is 9.11. The Morgan fingerprint density at radius 3 is 2.41 bits per heavy atom. The number of aryl methyl sites for hydroxylation is 1. The number of anilines is 1. The number of rotatable bonds is 3. The summed E-state index contributed by atoms with van der Waals surface area (Å²) in [5, 5.41) is 11.2. The molecular weight excluding hydrogens is 416 g/mol. The van der Waals surface area contributed by atoms with Crippen molar-refractivity contribution in [1.29, 1.82) is 0 Å². The van der Waals surface area contributed by atoms with Crippen molar-refractivity contribution >= 4 is 53.5 Å². The molecule has 90 valence electrons. The summed E-state index contributed by atoms with van der Waals surface area (Å²) >= 11 is 10.5. The van der Waals surface area contributed by atoms with E-state index in [2.05, 4.69) is 63.4 Å². The molecule has 17 heavy (non-hydrogen) atoms. The number of nitrogens with zero attached hydrogens (tertiary/aromatic N) is 3. The maximum Gasteiger partial charge on any atom is 0.102 e. The van der Waals surface area contributed by atoms with E-state index in [-0.39, 0.29) is 0 Å². The van der Waals surface area contributed by atoms with Crippen molar-refractivity contribution in [2.45, 2.75) is 6.54 Å². The van der Waals surface area contributed by atoms with Gasteiger partial charge in [0.15, 0.2) is 0 Å². The lowest BCUT2D eigenvalue weighted by atomic mass is 10.3. The van der Waals surface area contributed by atoms with Crippen LogP contribution in [0.2, 0.25) is 0 Å². The fourth-order valence-corrected chi connectivity index (χ4v) is 3.91. The van der Waals surface area contributed by atoms with Gasteiger partial charge in [-0.1, -0.05) is 21.1 Å². The molecule has 2 aromatic rings. The van der Waals surface area contributed by atoms with Crippen molar-refractivity contribution < 1.29 is 0 Å². The highest BCUT2D eigenvalue weighted by atomic mass is 79.9. The summed E-state index contributed by atoms with van der Waals surface area (Å²) in [7, 11) is 1.85. The molecule has 0 saturated heterocycles. The van der Waals surface area contributed by atoms with E-state index in [9.17, 15) is 0 Å². The molecule has 0 bridgehead atoms. The molecule has 4 nitrogen and oxygen atoms in total. The van der Waals surface area contributed by atoms with Crippen LogP contribution in [0.3, 0.4) is 0 Å². The predicted molar refractivity (Wildman–Crippen MR) is 77.9 cm³/mol. The molecule has 0 radical (unpaired) electrons. The van der Waals surface area contributed by atoms with E-state index in [4.69, 9.17) is 0 Å².